The number of rotatable bonds is 5. The van der Waals surface area contributed by atoms with Gasteiger partial charge < -0.3 is 25.7 Å². The highest BCUT2D eigenvalue weighted by atomic mass is 16.5. The van der Waals surface area contributed by atoms with Crippen LogP contribution in [0.4, 0.5) is 22.7 Å². The van der Waals surface area contributed by atoms with E-state index in [1.54, 1.807) is 30.6 Å². The molecule has 0 saturated carbocycles. The number of carbonyl (C=O) groups excluding carboxylic acids is 1. The van der Waals surface area contributed by atoms with Crippen LogP contribution >= 0.6 is 0 Å². The number of anilines is 4. The summed E-state index contributed by atoms with van der Waals surface area (Å²) in [6, 6.07) is 14.6. The van der Waals surface area contributed by atoms with Gasteiger partial charge in [0.1, 0.15) is 17.9 Å². The zero-order valence-corrected chi connectivity index (χ0v) is 18.4. The number of aromatic nitrogens is 3. The lowest BCUT2D eigenvalue weighted by Gasteiger charge is -2.22. The third kappa shape index (κ3) is 4.18. The summed E-state index contributed by atoms with van der Waals surface area (Å²) in [5.41, 5.74) is 4.49. The Balaban J connectivity index is 1.40. The quantitative estimate of drug-likeness (QED) is 0.360. The Morgan fingerprint density at radius 3 is 2.71 bits per heavy atom. The Labute approximate surface area is 195 Å². The van der Waals surface area contributed by atoms with Gasteiger partial charge in [0.15, 0.2) is 0 Å². The molecule has 0 saturated heterocycles. The van der Waals surface area contributed by atoms with Gasteiger partial charge in [0.25, 0.3) is 11.5 Å². The number of ether oxygens (including phenoxy) is 1. The van der Waals surface area contributed by atoms with Crippen LogP contribution in [-0.2, 0) is 0 Å². The lowest BCUT2D eigenvalue weighted by Crippen LogP contribution is -2.25. The third-order valence-electron chi connectivity index (χ3n) is 5.51. The maximum Gasteiger partial charge on any atom is 0.263 e. The highest BCUT2D eigenvalue weighted by molar-refractivity contribution is 6.08. The van der Waals surface area contributed by atoms with E-state index in [-0.39, 0.29) is 5.56 Å². The van der Waals surface area contributed by atoms with E-state index >= 15 is 0 Å². The standard InChI is InChI=1S/C25H22N6O3/c1-15-20(14-29-25-22(15)27-12-13-34-25)31-19-9-11-28-23(32)21(19)24(33)30-17-7-5-16(6-8-17)18-4-2-3-10-26-18/h2-11,14,27H,12-13H2,1H3,(H,30,33)(H2,28,31,32). The minimum atomic E-state index is -0.528. The fourth-order valence-electron chi connectivity index (χ4n) is 3.75. The van der Waals surface area contributed by atoms with Gasteiger partial charge in [-0.05, 0) is 37.3 Å². The Bertz CT molecular complexity index is 1400. The van der Waals surface area contributed by atoms with Gasteiger partial charge in [-0.15, -0.1) is 0 Å². The highest BCUT2D eigenvalue weighted by Gasteiger charge is 2.20. The number of amides is 1. The number of benzene rings is 1. The van der Waals surface area contributed by atoms with Crippen LogP contribution in [0.15, 0.2) is 71.9 Å². The highest BCUT2D eigenvalue weighted by Crippen LogP contribution is 2.34. The molecule has 0 radical (unpaired) electrons. The Morgan fingerprint density at radius 2 is 1.91 bits per heavy atom. The molecule has 0 atom stereocenters. The molecule has 34 heavy (non-hydrogen) atoms. The van der Waals surface area contributed by atoms with Crippen LogP contribution in [0.1, 0.15) is 15.9 Å². The number of hydrogen-bond donors (Lipinski definition) is 4. The van der Waals surface area contributed by atoms with Gasteiger partial charge in [0, 0.05) is 35.8 Å². The van der Waals surface area contributed by atoms with Gasteiger partial charge >= 0.3 is 0 Å². The molecule has 170 valence electrons. The van der Waals surface area contributed by atoms with Crippen molar-refractivity contribution in [1.29, 1.82) is 0 Å². The van der Waals surface area contributed by atoms with Crippen LogP contribution in [0.5, 0.6) is 5.88 Å². The second-order valence-corrected chi connectivity index (χ2v) is 7.72. The average molecular weight is 454 g/mol. The molecule has 0 bridgehead atoms. The van der Waals surface area contributed by atoms with Crippen molar-refractivity contribution in [3.8, 4) is 17.1 Å². The summed E-state index contributed by atoms with van der Waals surface area (Å²) in [4.78, 5) is 36.9. The van der Waals surface area contributed by atoms with Crippen molar-refractivity contribution < 1.29 is 9.53 Å². The number of fused-ring (bicyclic) bond motifs is 1. The van der Waals surface area contributed by atoms with E-state index in [4.69, 9.17) is 4.74 Å². The molecule has 0 fully saturated rings. The summed E-state index contributed by atoms with van der Waals surface area (Å²) >= 11 is 0. The first-order valence-electron chi connectivity index (χ1n) is 10.8. The van der Waals surface area contributed by atoms with Crippen molar-refractivity contribution in [2.24, 2.45) is 0 Å². The van der Waals surface area contributed by atoms with Gasteiger partial charge in [-0.2, -0.15) is 0 Å². The molecule has 1 aliphatic heterocycles. The van der Waals surface area contributed by atoms with Gasteiger partial charge in [0.2, 0.25) is 5.88 Å². The summed E-state index contributed by atoms with van der Waals surface area (Å²) in [6.45, 7) is 3.14. The summed E-state index contributed by atoms with van der Waals surface area (Å²) in [6.07, 6.45) is 4.84. The monoisotopic (exact) mass is 454 g/mol. The van der Waals surface area contributed by atoms with Crippen LogP contribution in [0.25, 0.3) is 11.3 Å². The fourth-order valence-corrected chi connectivity index (χ4v) is 3.75. The SMILES string of the molecule is Cc1c(Nc2cc[nH]c(=O)c2C(=O)Nc2ccc(-c3ccccn3)cc2)cnc2c1NCCO2. The van der Waals surface area contributed by atoms with Crippen molar-refractivity contribution in [2.45, 2.75) is 6.92 Å². The summed E-state index contributed by atoms with van der Waals surface area (Å²) in [5.74, 6) is 0.00675. The van der Waals surface area contributed by atoms with Crippen LogP contribution < -0.4 is 26.2 Å². The molecule has 1 aromatic carbocycles. The average Bonchev–Trinajstić information content (AvgIpc) is 2.87. The predicted octanol–water partition coefficient (Wildman–Crippen LogP) is 3.94. The third-order valence-corrected chi connectivity index (χ3v) is 5.51. The first kappa shape index (κ1) is 21.2. The van der Waals surface area contributed by atoms with Crippen molar-refractivity contribution in [3.63, 3.8) is 0 Å². The smallest absolute Gasteiger partial charge is 0.263 e. The van der Waals surface area contributed by atoms with E-state index < -0.39 is 11.5 Å². The minimum absolute atomic E-state index is 0.0300. The molecule has 3 aromatic heterocycles. The number of nitrogens with one attached hydrogen (secondary N) is 4. The topological polar surface area (TPSA) is 121 Å². The predicted molar refractivity (Wildman–Crippen MR) is 131 cm³/mol. The number of hydrogen-bond acceptors (Lipinski definition) is 7. The zero-order chi connectivity index (χ0) is 23.5. The molecule has 1 aliphatic rings. The first-order chi connectivity index (χ1) is 16.6. The number of nitrogens with zero attached hydrogens (tertiary/aromatic N) is 2. The van der Waals surface area contributed by atoms with Crippen LogP contribution in [0.3, 0.4) is 0 Å². The molecule has 1 amide bonds. The van der Waals surface area contributed by atoms with Gasteiger partial charge in [0.05, 0.1) is 23.3 Å². The molecule has 0 spiro atoms. The maximum atomic E-state index is 13.1. The fraction of sp³-hybridized carbons (Fsp3) is 0.120. The Morgan fingerprint density at radius 1 is 1.06 bits per heavy atom. The Hall–Kier alpha value is -4.66. The zero-order valence-electron chi connectivity index (χ0n) is 18.4. The van der Waals surface area contributed by atoms with Crippen molar-refractivity contribution in [3.05, 3.63) is 88.6 Å². The molecular formula is C25H22N6O3. The van der Waals surface area contributed by atoms with E-state index in [1.165, 1.54) is 6.20 Å². The Kier molecular flexibility index (Phi) is 5.65. The summed E-state index contributed by atoms with van der Waals surface area (Å²) in [5, 5.41) is 9.26. The molecule has 9 heteroatoms. The summed E-state index contributed by atoms with van der Waals surface area (Å²) < 4.78 is 5.57. The maximum absolute atomic E-state index is 13.1. The van der Waals surface area contributed by atoms with Crippen LogP contribution in [-0.4, -0.2) is 34.0 Å². The van der Waals surface area contributed by atoms with E-state index in [0.29, 0.717) is 36.1 Å². The number of carbonyl (C=O) groups is 1. The van der Waals surface area contributed by atoms with E-state index in [9.17, 15) is 9.59 Å². The van der Waals surface area contributed by atoms with E-state index in [0.717, 1.165) is 22.5 Å². The molecule has 4 aromatic rings. The second kappa shape index (κ2) is 9.07. The van der Waals surface area contributed by atoms with Crippen LogP contribution in [0.2, 0.25) is 0 Å². The molecule has 0 aliphatic carbocycles. The molecule has 4 N–H and O–H groups in total. The number of pyridine rings is 3. The second-order valence-electron chi connectivity index (χ2n) is 7.72. The number of aromatic amines is 1. The molecular weight excluding hydrogens is 432 g/mol. The van der Waals surface area contributed by atoms with E-state index in [2.05, 4.69) is 30.9 Å². The minimum Gasteiger partial charge on any atom is -0.474 e. The van der Waals surface area contributed by atoms with Gasteiger partial charge in [-0.3, -0.25) is 14.6 Å². The van der Waals surface area contributed by atoms with E-state index in [1.807, 2.05) is 37.3 Å². The van der Waals surface area contributed by atoms with Gasteiger partial charge in [-0.25, -0.2) is 4.98 Å². The lowest BCUT2D eigenvalue weighted by atomic mass is 10.1. The molecule has 4 heterocycles. The number of H-pyrrole nitrogens is 1. The van der Waals surface area contributed by atoms with Crippen molar-refractivity contribution >= 4 is 28.7 Å². The molecule has 0 unspecified atom stereocenters. The lowest BCUT2D eigenvalue weighted by molar-refractivity contribution is 0.102. The largest absolute Gasteiger partial charge is 0.474 e. The van der Waals surface area contributed by atoms with Crippen molar-refractivity contribution in [1.82, 2.24) is 15.0 Å². The van der Waals surface area contributed by atoms with Crippen LogP contribution in [0, 0.1) is 6.92 Å². The van der Waals surface area contributed by atoms with Gasteiger partial charge in [-0.1, -0.05) is 18.2 Å². The first-order valence-corrected chi connectivity index (χ1v) is 10.8. The molecule has 9 nitrogen and oxygen atoms in total. The van der Waals surface area contributed by atoms with Crippen molar-refractivity contribution in [2.75, 3.05) is 29.1 Å². The summed E-state index contributed by atoms with van der Waals surface area (Å²) in [7, 11) is 0. The molecule has 5 rings (SSSR count). The normalized spacial score (nSPS) is 12.1.